The number of aliphatic hydroxyl groups excluding tert-OH is 4. The van der Waals surface area contributed by atoms with Crippen LogP contribution in [-0.4, -0.2) is 107 Å². The summed E-state index contributed by atoms with van der Waals surface area (Å²) in [6, 6.07) is 0. The van der Waals surface area contributed by atoms with E-state index in [2.05, 4.69) is 13.8 Å². The summed E-state index contributed by atoms with van der Waals surface area (Å²) >= 11 is 0. The molecule has 0 spiro atoms. The smallest absolute Gasteiger partial charge is 0.507 e. The van der Waals surface area contributed by atoms with Gasteiger partial charge in [0.15, 0.2) is 35.3 Å². The zero-order valence-electron chi connectivity index (χ0n) is 33.3. The van der Waals surface area contributed by atoms with Crippen molar-refractivity contribution in [1.82, 2.24) is 0 Å². The summed E-state index contributed by atoms with van der Waals surface area (Å²) < 4.78 is 9.48. The largest absolute Gasteiger partial charge is 2.00 e. The van der Waals surface area contributed by atoms with Crippen LogP contribution in [0.2, 0.25) is 0 Å². The molecule has 0 aromatic rings. The Morgan fingerprint density at radius 3 is 0.887 bits per heavy atom. The van der Waals surface area contributed by atoms with Crippen LogP contribution in [0.1, 0.15) is 194 Å². The van der Waals surface area contributed by atoms with Gasteiger partial charge in [0.2, 0.25) is 0 Å². The van der Waals surface area contributed by atoms with Crippen LogP contribution in [-0.2, 0) is 28.7 Å². The van der Waals surface area contributed by atoms with Crippen molar-refractivity contribution in [3.8, 4) is 0 Å². The SMILES string of the molecule is CCCCCCCCCCCCCCCC(=O)C1=C(O)C(CO)OC1=O.CCCCCCCCCCCCCCCC(=O)C1=C(O)C(CO)OC1=O.[Ca+2]. The van der Waals surface area contributed by atoms with E-state index >= 15 is 0 Å². The minimum absolute atomic E-state index is 0. The van der Waals surface area contributed by atoms with E-state index in [0.717, 1.165) is 25.7 Å². The second-order valence-corrected chi connectivity index (χ2v) is 14.5. The number of esters is 2. The van der Waals surface area contributed by atoms with Crippen molar-refractivity contribution >= 4 is 61.2 Å². The molecule has 11 heteroatoms. The molecule has 53 heavy (non-hydrogen) atoms. The number of cyclic esters (lactones) is 2. The first-order valence-corrected chi connectivity index (χ1v) is 20.8. The number of carbonyl (C=O) groups excluding carboxylic acids is 4. The molecule has 2 aliphatic heterocycles. The quantitative estimate of drug-likeness (QED) is 0.0224. The van der Waals surface area contributed by atoms with Crippen LogP contribution in [0.4, 0.5) is 0 Å². The first-order valence-electron chi connectivity index (χ1n) is 20.8. The van der Waals surface area contributed by atoms with Crippen molar-refractivity contribution in [2.24, 2.45) is 0 Å². The van der Waals surface area contributed by atoms with E-state index in [1.165, 1.54) is 128 Å². The fraction of sp³-hybridized carbons (Fsp3) is 0.810. The molecule has 0 bridgehead atoms. The van der Waals surface area contributed by atoms with Gasteiger partial charge in [0.05, 0.1) is 13.2 Å². The van der Waals surface area contributed by atoms with Crippen molar-refractivity contribution in [1.29, 1.82) is 0 Å². The van der Waals surface area contributed by atoms with Gasteiger partial charge in [-0.05, 0) is 12.8 Å². The Bertz CT molecular complexity index is 1000. The number of rotatable bonds is 32. The van der Waals surface area contributed by atoms with E-state index in [1.54, 1.807) is 0 Å². The topological polar surface area (TPSA) is 168 Å². The number of Topliss-reactive ketones (excluding diaryl/α,β-unsaturated/α-hetero) is 2. The second-order valence-electron chi connectivity index (χ2n) is 14.5. The maximum atomic E-state index is 12.0. The summed E-state index contributed by atoms with van der Waals surface area (Å²) in [6.07, 6.45) is 30.2. The van der Waals surface area contributed by atoms with Gasteiger partial charge >= 0.3 is 49.7 Å². The van der Waals surface area contributed by atoms with E-state index in [1.807, 2.05) is 0 Å². The van der Waals surface area contributed by atoms with Crippen LogP contribution in [0.15, 0.2) is 22.7 Å². The third-order valence-electron chi connectivity index (χ3n) is 9.93. The zero-order chi connectivity index (χ0) is 38.4. The normalized spacial score (nSPS) is 16.7. The number of unbranched alkanes of at least 4 members (excludes halogenated alkanes) is 24. The molecule has 0 amide bonds. The zero-order valence-corrected chi connectivity index (χ0v) is 35.5. The summed E-state index contributed by atoms with van der Waals surface area (Å²) in [7, 11) is 0. The van der Waals surface area contributed by atoms with Crippen molar-refractivity contribution in [2.75, 3.05) is 13.2 Å². The van der Waals surface area contributed by atoms with E-state index < -0.39 is 48.9 Å². The van der Waals surface area contributed by atoms with Crippen LogP contribution in [0.5, 0.6) is 0 Å². The Morgan fingerprint density at radius 1 is 0.453 bits per heavy atom. The van der Waals surface area contributed by atoms with Crippen molar-refractivity contribution in [3.63, 3.8) is 0 Å². The number of carbonyl (C=O) groups is 4. The number of ether oxygens (including phenoxy) is 2. The van der Waals surface area contributed by atoms with Crippen LogP contribution in [0, 0.1) is 0 Å². The average molecular weight is 777 g/mol. The molecule has 300 valence electrons. The van der Waals surface area contributed by atoms with E-state index in [-0.39, 0.29) is 73.3 Å². The van der Waals surface area contributed by atoms with Crippen LogP contribution < -0.4 is 0 Å². The second kappa shape index (κ2) is 33.8. The molecule has 0 saturated heterocycles. The van der Waals surface area contributed by atoms with Gasteiger partial charge in [-0.2, -0.15) is 0 Å². The van der Waals surface area contributed by atoms with Crippen molar-refractivity contribution in [2.45, 2.75) is 206 Å². The Hall–Kier alpha value is -1.46. The molecule has 4 N–H and O–H groups in total. The molecular weight excluding hydrogens is 705 g/mol. The van der Waals surface area contributed by atoms with Gasteiger partial charge < -0.3 is 29.9 Å². The van der Waals surface area contributed by atoms with Gasteiger partial charge in [-0.15, -0.1) is 0 Å². The predicted octanol–water partition coefficient (Wildman–Crippen LogP) is 9.15. The van der Waals surface area contributed by atoms with Gasteiger partial charge in [0.25, 0.3) is 0 Å². The Balaban J connectivity index is 0.00000100. The molecule has 0 saturated carbocycles. The molecule has 2 unspecified atom stereocenters. The summed E-state index contributed by atoms with van der Waals surface area (Å²) in [4.78, 5) is 47.2. The average Bonchev–Trinajstić information content (AvgIpc) is 3.60. The first-order chi connectivity index (χ1) is 25.2. The molecule has 2 heterocycles. The number of hydrogen-bond donors (Lipinski definition) is 4. The Kier molecular flexibility index (Phi) is 32.9. The first kappa shape index (κ1) is 51.5. The van der Waals surface area contributed by atoms with Gasteiger partial charge in [0, 0.05) is 12.8 Å². The van der Waals surface area contributed by atoms with Crippen molar-refractivity contribution < 1.29 is 49.1 Å². The van der Waals surface area contributed by atoms with Crippen LogP contribution in [0.25, 0.3) is 0 Å². The monoisotopic (exact) mass is 776 g/mol. The molecule has 2 rings (SSSR count). The van der Waals surface area contributed by atoms with Gasteiger partial charge in [-0.1, -0.05) is 168 Å². The molecule has 0 aliphatic carbocycles. The molecule has 0 aromatic heterocycles. The number of hydrogen-bond acceptors (Lipinski definition) is 10. The van der Waals surface area contributed by atoms with Crippen LogP contribution in [0.3, 0.4) is 0 Å². The predicted molar refractivity (Wildman–Crippen MR) is 210 cm³/mol. The molecular formula is C42H72CaO10+2. The van der Waals surface area contributed by atoms with E-state index in [4.69, 9.17) is 19.7 Å². The minimum Gasteiger partial charge on any atom is -0.507 e. The fourth-order valence-corrected chi connectivity index (χ4v) is 6.64. The van der Waals surface area contributed by atoms with Gasteiger partial charge in [0.1, 0.15) is 11.1 Å². The summed E-state index contributed by atoms with van der Waals surface area (Å²) in [5, 5.41) is 37.4. The van der Waals surface area contributed by atoms with Crippen molar-refractivity contribution in [3.05, 3.63) is 22.7 Å². The molecule has 0 aromatic carbocycles. The summed E-state index contributed by atoms with van der Waals surface area (Å²) in [5.41, 5.74) is -0.550. The minimum atomic E-state index is -1.08. The molecule has 0 fully saturated rings. The Labute approximate surface area is 349 Å². The summed E-state index contributed by atoms with van der Waals surface area (Å²) in [5.74, 6) is -3.24. The molecule has 0 radical (unpaired) electrons. The van der Waals surface area contributed by atoms with Gasteiger partial charge in [-0.3, -0.25) is 9.59 Å². The summed E-state index contributed by atoms with van der Waals surface area (Å²) in [6.45, 7) is 3.47. The van der Waals surface area contributed by atoms with Crippen LogP contribution >= 0.6 is 0 Å². The number of ketones is 2. The molecule has 2 aliphatic rings. The standard InChI is InChI=1S/2C21H36O5.Ca/c2*1-2-3-4-5-6-7-8-9-10-11-12-13-14-15-17(23)19-20(24)18(16-22)26-21(19)25;/h2*18,22,24H,2-16H2,1H3;/q;;+2. The third kappa shape index (κ3) is 22.6. The molecule has 10 nitrogen and oxygen atoms in total. The number of aliphatic hydroxyl groups is 4. The maximum Gasteiger partial charge on any atom is 2.00 e. The third-order valence-corrected chi connectivity index (χ3v) is 9.93. The fourth-order valence-electron chi connectivity index (χ4n) is 6.64. The van der Waals surface area contributed by atoms with E-state index in [0.29, 0.717) is 12.8 Å². The van der Waals surface area contributed by atoms with Gasteiger partial charge in [-0.25, -0.2) is 9.59 Å². The Morgan fingerprint density at radius 2 is 0.679 bits per heavy atom. The molecule has 2 atom stereocenters. The maximum absolute atomic E-state index is 12.0. The van der Waals surface area contributed by atoms with E-state index in [9.17, 15) is 29.4 Å².